The summed E-state index contributed by atoms with van der Waals surface area (Å²) in [5.41, 5.74) is 2.36. The maximum Gasteiger partial charge on any atom is 0.306 e. The van der Waals surface area contributed by atoms with E-state index in [-0.39, 0.29) is 23.6 Å². The zero-order chi connectivity index (χ0) is 22.6. The largest absolute Gasteiger partial charge is 0.463 e. The highest BCUT2D eigenvalue weighted by Crippen LogP contribution is 2.44. The summed E-state index contributed by atoms with van der Waals surface area (Å²) in [4.78, 5) is 11.6. The van der Waals surface area contributed by atoms with Crippen LogP contribution in [0.25, 0.3) is 0 Å². The van der Waals surface area contributed by atoms with Gasteiger partial charge in [-0.05, 0) is 75.3 Å². The van der Waals surface area contributed by atoms with Crippen LogP contribution in [-0.2, 0) is 9.53 Å². The molecule has 1 N–H and O–H groups in total. The van der Waals surface area contributed by atoms with Gasteiger partial charge in [-0.1, -0.05) is 62.6 Å². The molecule has 0 aromatic heterocycles. The topological polar surface area (TPSA) is 46.5 Å². The maximum atomic E-state index is 11.6. The van der Waals surface area contributed by atoms with Crippen LogP contribution < -0.4 is 0 Å². The molecular formula is C27H41ClO3. The highest BCUT2D eigenvalue weighted by Gasteiger charge is 2.34. The molecule has 0 aliphatic heterocycles. The number of esters is 1. The SMILES string of the molecule is CCCCC[C@H](O)c1ccc([C@H]2CCC(Cl)[C@@H]2C/C=C\CCCC(=O)OC(C)C)cc1. The fraction of sp³-hybridized carbons (Fsp3) is 0.667. The third-order valence-electron chi connectivity index (χ3n) is 6.26. The Morgan fingerprint density at radius 1 is 1.16 bits per heavy atom. The van der Waals surface area contributed by atoms with Crippen LogP contribution in [0.15, 0.2) is 36.4 Å². The second-order valence-corrected chi connectivity index (χ2v) is 9.74. The molecular weight excluding hydrogens is 408 g/mol. The maximum absolute atomic E-state index is 11.6. The molecule has 0 bridgehead atoms. The summed E-state index contributed by atoms with van der Waals surface area (Å²) < 4.78 is 5.17. The molecule has 0 saturated heterocycles. The number of hydrogen-bond donors (Lipinski definition) is 1. The monoisotopic (exact) mass is 448 g/mol. The highest BCUT2D eigenvalue weighted by atomic mass is 35.5. The fourth-order valence-corrected chi connectivity index (χ4v) is 4.93. The molecule has 0 spiro atoms. The molecule has 1 saturated carbocycles. The van der Waals surface area contributed by atoms with Gasteiger partial charge in [0.05, 0.1) is 12.2 Å². The predicted molar refractivity (Wildman–Crippen MR) is 129 cm³/mol. The van der Waals surface area contributed by atoms with Crippen LogP contribution in [0.1, 0.15) is 108 Å². The lowest BCUT2D eigenvalue weighted by Gasteiger charge is -2.21. The summed E-state index contributed by atoms with van der Waals surface area (Å²) in [5, 5.41) is 10.6. The average Bonchev–Trinajstić information content (AvgIpc) is 3.10. The van der Waals surface area contributed by atoms with E-state index in [0.29, 0.717) is 18.3 Å². The quantitative estimate of drug-likeness (QED) is 0.147. The molecule has 4 atom stereocenters. The molecule has 1 fully saturated rings. The van der Waals surface area contributed by atoms with Crippen molar-refractivity contribution in [1.82, 2.24) is 0 Å². The number of aliphatic hydroxyl groups is 1. The Balaban J connectivity index is 1.82. The van der Waals surface area contributed by atoms with Crippen molar-refractivity contribution in [3.63, 3.8) is 0 Å². The van der Waals surface area contributed by atoms with Gasteiger partial charge in [-0.3, -0.25) is 4.79 Å². The summed E-state index contributed by atoms with van der Waals surface area (Å²) in [7, 11) is 0. The first-order chi connectivity index (χ1) is 14.9. The Bertz CT molecular complexity index is 668. The Morgan fingerprint density at radius 3 is 2.58 bits per heavy atom. The number of carbonyl (C=O) groups excluding carboxylic acids is 1. The number of allylic oxidation sites excluding steroid dienone is 2. The summed E-state index contributed by atoms with van der Waals surface area (Å²) in [6.07, 6.45) is 13.6. The smallest absolute Gasteiger partial charge is 0.306 e. The van der Waals surface area contributed by atoms with Crippen molar-refractivity contribution in [2.75, 3.05) is 0 Å². The van der Waals surface area contributed by atoms with Crippen LogP contribution in [-0.4, -0.2) is 22.6 Å². The number of halogens is 1. The standard InChI is InChI=1S/C27H41ClO3/c1-4-5-8-12-26(29)22-16-14-21(15-17-22)23-18-19-25(28)24(23)11-9-6-7-10-13-27(30)31-20(2)3/h6,9,14-17,20,23-26,29H,4-5,7-8,10-13,18-19H2,1-3H3/b9-6-/t23-,24-,25?,26+/m1/s1. The van der Waals surface area contributed by atoms with Gasteiger partial charge in [0.1, 0.15) is 0 Å². The van der Waals surface area contributed by atoms with Crippen molar-refractivity contribution in [3.05, 3.63) is 47.5 Å². The number of alkyl halides is 1. The molecule has 174 valence electrons. The Kier molecular flexibility index (Phi) is 11.7. The first kappa shape index (κ1) is 25.9. The number of rotatable bonds is 13. The van der Waals surface area contributed by atoms with Crippen molar-refractivity contribution in [3.8, 4) is 0 Å². The van der Waals surface area contributed by atoms with E-state index in [1.807, 2.05) is 13.8 Å². The van der Waals surface area contributed by atoms with Crippen LogP contribution in [0.3, 0.4) is 0 Å². The molecule has 1 unspecified atom stereocenters. The molecule has 1 aromatic carbocycles. The van der Waals surface area contributed by atoms with Crippen LogP contribution >= 0.6 is 11.6 Å². The van der Waals surface area contributed by atoms with E-state index >= 15 is 0 Å². The summed E-state index contributed by atoms with van der Waals surface area (Å²) in [5.74, 6) is 0.794. The van der Waals surface area contributed by atoms with E-state index in [9.17, 15) is 9.90 Å². The third kappa shape index (κ3) is 8.98. The number of benzene rings is 1. The number of ether oxygens (including phenoxy) is 1. The van der Waals surface area contributed by atoms with Gasteiger partial charge < -0.3 is 9.84 Å². The average molecular weight is 449 g/mol. The second-order valence-electron chi connectivity index (χ2n) is 9.18. The third-order valence-corrected chi connectivity index (χ3v) is 6.80. The second kappa shape index (κ2) is 14.0. The molecule has 1 aliphatic carbocycles. The minimum absolute atomic E-state index is 0.0404. The molecule has 1 aliphatic rings. The minimum Gasteiger partial charge on any atom is -0.463 e. The molecule has 1 aromatic rings. The zero-order valence-electron chi connectivity index (χ0n) is 19.6. The summed E-state index contributed by atoms with van der Waals surface area (Å²) in [6.45, 7) is 5.94. The first-order valence-electron chi connectivity index (χ1n) is 12.2. The number of aliphatic hydroxyl groups excluding tert-OH is 1. The number of hydrogen-bond acceptors (Lipinski definition) is 3. The van der Waals surface area contributed by atoms with Crippen molar-refractivity contribution in [2.24, 2.45) is 5.92 Å². The van der Waals surface area contributed by atoms with Gasteiger partial charge in [0, 0.05) is 11.8 Å². The van der Waals surface area contributed by atoms with Crippen LogP contribution in [0.4, 0.5) is 0 Å². The first-order valence-corrected chi connectivity index (χ1v) is 12.6. The van der Waals surface area contributed by atoms with E-state index in [1.165, 1.54) is 18.4 Å². The van der Waals surface area contributed by atoms with Gasteiger partial charge >= 0.3 is 5.97 Å². The molecule has 0 radical (unpaired) electrons. The molecule has 4 heteroatoms. The van der Waals surface area contributed by atoms with Crippen molar-refractivity contribution in [1.29, 1.82) is 0 Å². The van der Waals surface area contributed by atoms with Crippen molar-refractivity contribution in [2.45, 2.75) is 108 Å². The van der Waals surface area contributed by atoms with Crippen LogP contribution in [0, 0.1) is 5.92 Å². The van der Waals surface area contributed by atoms with Gasteiger partial charge in [-0.25, -0.2) is 0 Å². The van der Waals surface area contributed by atoms with Crippen molar-refractivity contribution < 1.29 is 14.6 Å². The van der Waals surface area contributed by atoms with Crippen molar-refractivity contribution >= 4 is 17.6 Å². The lowest BCUT2D eigenvalue weighted by Crippen LogP contribution is -2.13. The molecule has 0 heterocycles. The normalized spacial score (nSPS) is 22.3. The van der Waals surface area contributed by atoms with E-state index < -0.39 is 0 Å². The van der Waals surface area contributed by atoms with Crippen LogP contribution in [0.5, 0.6) is 0 Å². The van der Waals surface area contributed by atoms with Gasteiger partial charge in [0.25, 0.3) is 0 Å². The van der Waals surface area contributed by atoms with E-state index in [4.69, 9.17) is 16.3 Å². The van der Waals surface area contributed by atoms with Gasteiger partial charge in [0.2, 0.25) is 0 Å². The number of unbranched alkanes of at least 4 members (excludes halogenated alkanes) is 3. The minimum atomic E-state index is -0.360. The Labute approximate surface area is 194 Å². The lowest BCUT2D eigenvalue weighted by atomic mass is 9.85. The number of carbonyl (C=O) groups is 1. The summed E-state index contributed by atoms with van der Waals surface area (Å²) >= 11 is 6.67. The van der Waals surface area contributed by atoms with E-state index in [2.05, 4.69) is 43.3 Å². The Morgan fingerprint density at radius 2 is 1.90 bits per heavy atom. The van der Waals surface area contributed by atoms with E-state index in [0.717, 1.165) is 50.5 Å². The molecule has 0 amide bonds. The Hall–Kier alpha value is -1.32. The van der Waals surface area contributed by atoms with Gasteiger partial charge in [-0.15, -0.1) is 11.6 Å². The highest BCUT2D eigenvalue weighted by molar-refractivity contribution is 6.21. The molecule has 3 nitrogen and oxygen atoms in total. The summed E-state index contributed by atoms with van der Waals surface area (Å²) in [6, 6.07) is 8.57. The molecule has 2 rings (SSSR count). The van der Waals surface area contributed by atoms with Gasteiger partial charge in [-0.2, -0.15) is 0 Å². The van der Waals surface area contributed by atoms with Gasteiger partial charge in [0.15, 0.2) is 0 Å². The fourth-order valence-electron chi connectivity index (χ4n) is 4.52. The van der Waals surface area contributed by atoms with E-state index in [1.54, 1.807) is 0 Å². The van der Waals surface area contributed by atoms with Crippen LogP contribution in [0.2, 0.25) is 0 Å². The lowest BCUT2D eigenvalue weighted by molar-refractivity contribution is -0.147. The molecule has 31 heavy (non-hydrogen) atoms. The predicted octanol–water partition coefficient (Wildman–Crippen LogP) is 7.47. The zero-order valence-corrected chi connectivity index (χ0v) is 20.3.